The van der Waals surface area contributed by atoms with Crippen LogP contribution in [-0.2, 0) is 11.8 Å². The molecule has 1 amide bonds. The van der Waals surface area contributed by atoms with Crippen molar-refractivity contribution in [3.05, 3.63) is 24.4 Å². The monoisotopic (exact) mass is 259 g/mol. The smallest absolute Gasteiger partial charge is 0.262 e. The maximum absolute atomic E-state index is 11.3. The maximum Gasteiger partial charge on any atom is 0.262 e. The summed E-state index contributed by atoms with van der Waals surface area (Å²) in [7, 11) is 1.83. The molecular formula is C12H13N5O2. The molecule has 0 atom stereocenters. The molecule has 19 heavy (non-hydrogen) atoms. The van der Waals surface area contributed by atoms with Crippen molar-refractivity contribution < 1.29 is 9.53 Å². The van der Waals surface area contributed by atoms with E-state index in [9.17, 15) is 4.79 Å². The molecule has 7 nitrogen and oxygen atoms in total. The Hall–Kier alpha value is -2.70. The Labute approximate surface area is 109 Å². The van der Waals surface area contributed by atoms with E-state index in [0.717, 1.165) is 0 Å². The molecule has 1 aliphatic rings. The van der Waals surface area contributed by atoms with Crippen molar-refractivity contribution in [2.24, 2.45) is 7.05 Å². The summed E-state index contributed by atoms with van der Waals surface area (Å²) in [5.74, 6) is 1.07. The van der Waals surface area contributed by atoms with Crippen LogP contribution in [0.15, 0.2) is 24.4 Å². The quantitative estimate of drug-likeness (QED) is 0.701. The van der Waals surface area contributed by atoms with Crippen LogP contribution in [0.2, 0.25) is 0 Å². The summed E-state index contributed by atoms with van der Waals surface area (Å²) in [5, 5.41) is 10.0. The highest BCUT2D eigenvalue weighted by molar-refractivity contribution is 5.97. The van der Waals surface area contributed by atoms with Crippen LogP contribution in [0.1, 0.15) is 0 Å². The summed E-state index contributed by atoms with van der Waals surface area (Å²) in [6.07, 6.45) is 1.82. The molecule has 2 heterocycles. The van der Waals surface area contributed by atoms with Gasteiger partial charge in [0, 0.05) is 25.4 Å². The van der Waals surface area contributed by atoms with Crippen molar-refractivity contribution in [1.29, 1.82) is 0 Å². The lowest BCUT2D eigenvalue weighted by atomic mass is 10.2. The molecule has 2 aromatic rings. The van der Waals surface area contributed by atoms with Gasteiger partial charge in [-0.05, 0) is 6.07 Å². The molecule has 1 aromatic carbocycles. The van der Waals surface area contributed by atoms with Crippen molar-refractivity contribution >= 4 is 28.8 Å². The number of hydrogen-bond acceptors (Lipinski definition) is 5. The van der Waals surface area contributed by atoms with Gasteiger partial charge in [-0.3, -0.25) is 9.48 Å². The van der Waals surface area contributed by atoms with Crippen LogP contribution in [-0.4, -0.2) is 22.3 Å². The number of anilines is 4. The number of fused-ring (bicyclic) bond motifs is 1. The van der Waals surface area contributed by atoms with E-state index in [4.69, 9.17) is 10.5 Å². The minimum absolute atomic E-state index is 0.0133. The zero-order chi connectivity index (χ0) is 13.4. The van der Waals surface area contributed by atoms with Gasteiger partial charge in [0.2, 0.25) is 0 Å². The number of nitrogens with two attached hydrogens (primary N) is 1. The molecule has 0 aliphatic carbocycles. The molecule has 1 aliphatic heterocycles. The second-order valence-electron chi connectivity index (χ2n) is 4.27. The lowest BCUT2D eigenvalue weighted by molar-refractivity contribution is -0.118. The first-order chi connectivity index (χ1) is 9.11. The lowest BCUT2D eigenvalue weighted by Crippen LogP contribution is -2.25. The first kappa shape index (κ1) is 11.4. The van der Waals surface area contributed by atoms with Gasteiger partial charge < -0.3 is 21.1 Å². The molecule has 0 spiro atoms. The number of amides is 1. The van der Waals surface area contributed by atoms with E-state index >= 15 is 0 Å². The van der Waals surface area contributed by atoms with Crippen LogP contribution in [0.5, 0.6) is 5.75 Å². The highest BCUT2D eigenvalue weighted by atomic mass is 16.5. The number of rotatable bonds is 2. The fourth-order valence-electron chi connectivity index (χ4n) is 1.87. The fourth-order valence-corrected chi connectivity index (χ4v) is 1.87. The first-order valence-electron chi connectivity index (χ1n) is 5.74. The standard InChI is InChI=1S/C12H13N5O2/c1-17-3-2-11(16-17)14-8-5-9-10(4-7(8)13)19-6-12(18)15-9/h2-5H,6,13H2,1H3,(H,14,16)(H,15,18). The van der Waals surface area contributed by atoms with Gasteiger partial charge in [0.25, 0.3) is 5.91 Å². The summed E-state index contributed by atoms with van der Waals surface area (Å²) in [6.45, 7) is 0.0133. The van der Waals surface area contributed by atoms with E-state index in [1.54, 1.807) is 16.8 Å². The van der Waals surface area contributed by atoms with Crippen LogP contribution in [0.4, 0.5) is 22.9 Å². The highest BCUT2D eigenvalue weighted by Crippen LogP contribution is 2.36. The molecule has 0 fully saturated rings. The van der Waals surface area contributed by atoms with E-state index in [1.165, 1.54) is 0 Å². The minimum Gasteiger partial charge on any atom is -0.482 e. The molecule has 0 saturated heterocycles. The third kappa shape index (κ3) is 2.17. The number of ether oxygens (including phenoxy) is 1. The Morgan fingerprint density at radius 2 is 2.37 bits per heavy atom. The maximum atomic E-state index is 11.3. The zero-order valence-electron chi connectivity index (χ0n) is 10.3. The number of aryl methyl sites for hydroxylation is 1. The number of nitrogens with zero attached hydrogens (tertiary/aromatic N) is 2. The number of carbonyl (C=O) groups is 1. The van der Waals surface area contributed by atoms with E-state index in [2.05, 4.69) is 15.7 Å². The van der Waals surface area contributed by atoms with Crippen molar-refractivity contribution in [3.63, 3.8) is 0 Å². The number of hydrogen-bond donors (Lipinski definition) is 3. The molecule has 7 heteroatoms. The van der Waals surface area contributed by atoms with Crippen LogP contribution >= 0.6 is 0 Å². The van der Waals surface area contributed by atoms with Crippen LogP contribution in [0, 0.1) is 0 Å². The Morgan fingerprint density at radius 3 is 3.11 bits per heavy atom. The zero-order valence-corrected chi connectivity index (χ0v) is 10.3. The number of aromatic nitrogens is 2. The Morgan fingerprint density at radius 1 is 1.53 bits per heavy atom. The van der Waals surface area contributed by atoms with Crippen molar-refractivity contribution in [3.8, 4) is 5.75 Å². The van der Waals surface area contributed by atoms with E-state index < -0.39 is 0 Å². The van der Waals surface area contributed by atoms with E-state index in [-0.39, 0.29) is 12.5 Å². The largest absolute Gasteiger partial charge is 0.482 e. The third-order valence-corrected chi connectivity index (χ3v) is 2.76. The predicted octanol–water partition coefficient (Wildman–Crippen LogP) is 1.08. The van der Waals surface area contributed by atoms with E-state index in [0.29, 0.717) is 28.6 Å². The summed E-state index contributed by atoms with van der Waals surface area (Å²) in [6, 6.07) is 5.24. The van der Waals surface area contributed by atoms with Crippen LogP contribution in [0.3, 0.4) is 0 Å². The Balaban J connectivity index is 1.93. The Kier molecular flexibility index (Phi) is 2.52. The van der Waals surface area contributed by atoms with Crippen LogP contribution < -0.4 is 21.1 Å². The molecule has 0 bridgehead atoms. The Bertz CT molecular complexity index is 650. The normalized spacial score (nSPS) is 13.4. The fraction of sp³-hybridized carbons (Fsp3) is 0.167. The third-order valence-electron chi connectivity index (χ3n) is 2.76. The van der Waals surface area contributed by atoms with Crippen molar-refractivity contribution in [2.45, 2.75) is 0 Å². The van der Waals surface area contributed by atoms with Gasteiger partial charge in [0.15, 0.2) is 12.4 Å². The average molecular weight is 259 g/mol. The molecule has 4 N–H and O–H groups in total. The molecule has 0 unspecified atom stereocenters. The topological polar surface area (TPSA) is 94.2 Å². The van der Waals surface area contributed by atoms with Gasteiger partial charge in [-0.25, -0.2) is 0 Å². The predicted molar refractivity (Wildman–Crippen MR) is 71.5 cm³/mol. The summed E-state index contributed by atoms with van der Waals surface area (Å²) in [4.78, 5) is 11.3. The molecule has 98 valence electrons. The number of benzene rings is 1. The van der Waals surface area contributed by atoms with Gasteiger partial charge in [0.05, 0.1) is 17.1 Å². The lowest BCUT2D eigenvalue weighted by Gasteiger charge is -2.20. The van der Waals surface area contributed by atoms with Gasteiger partial charge in [-0.1, -0.05) is 0 Å². The molecule has 0 radical (unpaired) electrons. The van der Waals surface area contributed by atoms with Gasteiger partial charge >= 0.3 is 0 Å². The second kappa shape index (κ2) is 4.20. The summed E-state index contributed by atoms with van der Waals surface area (Å²) >= 11 is 0. The van der Waals surface area contributed by atoms with Crippen LogP contribution in [0.25, 0.3) is 0 Å². The summed E-state index contributed by atoms with van der Waals surface area (Å²) < 4.78 is 6.97. The number of carbonyl (C=O) groups excluding carboxylic acids is 1. The van der Waals surface area contributed by atoms with Gasteiger partial charge in [-0.2, -0.15) is 5.10 Å². The highest BCUT2D eigenvalue weighted by Gasteiger charge is 2.18. The second-order valence-corrected chi connectivity index (χ2v) is 4.27. The van der Waals surface area contributed by atoms with Gasteiger partial charge in [-0.15, -0.1) is 0 Å². The molecular weight excluding hydrogens is 246 g/mol. The number of nitrogens with one attached hydrogen (secondary N) is 2. The molecule has 1 aromatic heterocycles. The minimum atomic E-state index is -0.180. The average Bonchev–Trinajstić information content (AvgIpc) is 2.76. The van der Waals surface area contributed by atoms with Gasteiger partial charge in [0.1, 0.15) is 5.75 Å². The number of nitrogen functional groups attached to an aromatic ring is 1. The molecule has 0 saturated carbocycles. The van der Waals surface area contributed by atoms with E-state index in [1.807, 2.05) is 19.3 Å². The van der Waals surface area contributed by atoms with Crippen molar-refractivity contribution in [2.75, 3.05) is 23.0 Å². The molecule has 3 rings (SSSR count). The van der Waals surface area contributed by atoms with Crippen molar-refractivity contribution in [1.82, 2.24) is 9.78 Å². The SMILES string of the molecule is Cn1ccc(Nc2cc3c(cc2N)OCC(=O)N3)n1. The first-order valence-corrected chi connectivity index (χ1v) is 5.74. The summed E-state index contributed by atoms with van der Waals surface area (Å²) in [5.41, 5.74) is 7.74.